The Morgan fingerprint density at radius 2 is 2.44 bits per heavy atom. The number of pyridine rings is 1. The molecule has 0 saturated heterocycles. The second-order valence-electron chi connectivity index (χ2n) is 3.46. The van der Waals surface area contributed by atoms with Gasteiger partial charge in [0.25, 0.3) is 0 Å². The third-order valence-corrected chi connectivity index (χ3v) is 2.30. The average molecular weight is 250 g/mol. The molecule has 1 aromatic heterocycles. The van der Waals surface area contributed by atoms with Crippen LogP contribution in [0, 0.1) is 15.5 Å². The predicted octanol–water partition coefficient (Wildman–Crippen LogP) is 1.51. The molecule has 0 radical (unpaired) electrons. The van der Waals surface area contributed by atoms with Crippen molar-refractivity contribution in [1.29, 1.82) is 5.41 Å². The fourth-order valence-corrected chi connectivity index (χ4v) is 1.35. The highest BCUT2D eigenvalue weighted by atomic mass is 16.6. The molecule has 1 atom stereocenters. The van der Waals surface area contributed by atoms with Gasteiger partial charge in [-0.1, -0.05) is 6.07 Å². The number of nitrogens with one attached hydrogen (secondary N) is 2. The van der Waals surface area contributed by atoms with E-state index in [-0.39, 0.29) is 11.7 Å². The Morgan fingerprint density at radius 1 is 1.72 bits per heavy atom. The lowest BCUT2D eigenvalue weighted by Crippen LogP contribution is -2.16. The van der Waals surface area contributed by atoms with Crippen LogP contribution in [-0.4, -0.2) is 23.2 Å². The number of hydrogen-bond donors (Lipinski definition) is 2. The van der Waals surface area contributed by atoms with Crippen molar-refractivity contribution < 1.29 is 9.66 Å². The number of methoxy groups -OCH3 is 1. The van der Waals surface area contributed by atoms with Gasteiger partial charge >= 0.3 is 5.70 Å². The lowest BCUT2D eigenvalue weighted by molar-refractivity contribution is -0.414. The Hall–Kier alpha value is -2.44. The minimum absolute atomic E-state index is 0.219. The molecule has 0 aliphatic carbocycles. The first-order valence-corrected chi connectivity index (χ1v) is 5.20. The van der Waals surface area contributed by atoms with Gasteiger partial charge in [-0.3, -0.25) is 10.1 Å². The molecule has 7 nitrogen and oxygen atoms in total. The van der Waals surface area contributed by atoms with E-state index in [2.05, 4.69) is 10.3 Å². The van der Waals surface area contributed by atoms with Gasteiger partial charge in [-0.2, -0.15) is 0 Å². The van der Waals surface area contributed by atoms with Crippen molar-refractivity contribution in [1.82, 2.24) is 10.3 Å². The van der Waals surface area contributed by atoms with Crippen molar-refractivity contribution in [2.24, 2.45) is 0 Å². The van der Waals surface area contributed by atoms with E-state index in [1.807, 2.05) is 13.0 Å². The summed E-state index contributed by atoms with van der Waals surface area (Å²) in [5.74, 6) is 0.461. The smallest absolute Gasteiger partial charge is 0.302 e. The van der Waals surface area contributed by atoms with Gasteiger partial charge in [0.05, 0.1) is 30.5 Å². The summed E-state index contributed by atoms with van der Waals surface area (Å²) in [4.78, 5) is 13.9. The van der Waals surface area contributed by atoms with E-state index >= 15 is 0 Å². The van der Waals surface area contributed by atoms with Crippen LogP contribution in [0.3, 0.4) is 0 Å². The van der Waals surface area contributed by atoms with Crippen molar-refractivity contribution >= 4 is 6.21 Å². The Bertz CT molecular complexity index is 473. The van der Waals surface area contributed by atoms with Crippen molar-refractivity contribution in [2.45, 2.75) is 13.0 Å². The zero-order valence-electron chi connectivity index (χ0n) is 10.1. The number of ether oxygens (including phenoxy) is 1. The van der Waals surface area contributed by atoms with Crippen LogP contribution in [0.1, 0.15) is 18.5 Å². The molecule has 0 aliphatic rings. The Balaban J connectivity index is 2.85. The van der Waals surface area contributed by atoms with E-state index in [4.69, 9.17) is 10.1 Å². The molecule has 0 aliphatic heterocycles. The average Bonchev–Trinajstić information content (AvgIpc) is 2.38. The molecule has 0 fully saturated rings. The van der Waals surface area contributed by atoms with Crippen LogP contribution >= 0.6 is 0 Å². The molecule has 0 saturated carbocycles. The second-order valence-corrected chi connectivity index (χ2v) is 3.46. The van der Waals surface area contributed by atoms with Gasteiger partial charge in [-0.05, 0) is 13.0 Å². The summed E-state index contributed by atoms with van der Waals surface area (Å²) in [6, 6.07) is 3.35. The third kappa shape index (κ3) is 3.27. The van der Waals surface area contributed by atoms with E-state index in [1.165, 1.54) is 13.3 Å². The maximum atomic E-state index is 10.5. The SMILES string of the molecule is COc1ncccc1C(C)N/C=C(\C=N)[N+](=O)[O-]. The zero-order chi connectivity index (χ0) is 13.5. The first-order valence-electron chi connectivity index (χ1n) is 5.20. The number of hydrogen-bond acceptors (Lipinski definition) is 6. The molecule has 1 rings (SSSR count). The summed E-state index contributed by atoms with van der Waals surface area (Å²) in [5, 5.41) is 20.2. The summed E-state index contributed by atoms with van der Waals surface area (Å²) in [5.41, 5.74) is 0.466. The fraction of sp³-hybridized carbons (Fsp3) is 0.273. The molecule has 1 aromatic rings. The molecular weight excluding hydrogens is 236 g/mol. The van der Waals surface area contributed by atoms with Crippen LogP contribution in [0.25, 0.3) is 0 Å². The molecule has 18 heavy (non-hydrogen) atoms. The van der Waals surface area contributed by atoms with Gasteiger partial charge in [0, 0.05) is 11.8 Å². The van der Waals surface area contributed by atoms with Crippen molar-refractivity contribution in [2.75, 3.05) is 7.11 Å². The number of allylic oxidation sites excluding steroid dienone is 1. The summed E-state index contributed by atoms with van der Waals surface area (Å²) in [7, 11) is 1.51. The van der Waals surface area contributed by atoms with E-state index < -0.39 is 4.92 Å². The molecule has 0 spiro atoms. The van der Waals surface area contributed by atoms with Crippen molar-refractivity contribution in [3.63, 3.8) is 0 Å². The van der Waals surface area contributed by atoms with Gasteiger partial charge in [0.15, 0.2) is 0 Å². The maximum Gasteiger partial charge on any atom is 0.302 e. The zero-order valence-corrected chi connectivity index (χ0v) is 10.1. The van der Waals surface area contributed by atoms with E-state index in [0.29, 0.717) is 12.1 Å². The minimum Gasteiger partial charge on any atom is -0.481 e. The summed E-state index contributed by atoms with van der Waals surface area (Å²) in [6.45, 7) is 1.82. The first-order chi connectivity index (χ1) is 8.60. The van der Waals surface area contributed by atoms with E-state index in [9.17, 15) is 10.1 Å². The van der Waals surface area contributed by atoms with Crippen molar-refractivity contribution in [3.05, 3.63) is 45.9 Å². The topological polar surface area (TPSA) is 101 Å². The van der Waals surface area contributed by atoms with Crippen molar-refractivity contribution in [3.8, 4) is 5.88 Å². The number of rotatable bonds is 6. The predicted molar refractivity (Wildman–Crippen MR) is 66.2 cm³/mol. The second kappa shape index (κ2) is 6.33. The summed E-state index contributed by atoms with van der Waals surface area (Å²) in [6.07, 6.45) is 3.47. The lowest BCUT2D eigenvalue weighted by Gasteiger charge is -2.14. The van der Waals surface area contributed by atoms with Gasteiger partial charge in [0.2, 0.25) is 5.88 Å². The molecule has 1 heterocycles. The highest BCUT2D eigenvalue weighted by Crippen LogP contribution is 2.21. The number of aromatic nitrogens is 1. The number of nitrogens with zero attached hydrogens (tertiary/aromatic N) is 2. The van der Waals surface area contributed by atoms with E-state index in [1.54, 1.807) is 12.3 Å². The molecule has 2 N–H and O–H groups in total. The highest BCUT2D eigenvalue weighted by molar-refractivity contribution is 5.71. The Kier molecular flexibility index (Phi) is 4.79. The molecule has 0 aromatic carbocycles. The maximum absolute atomic E-state index is 10.5. The lowest BCUT2D eigenvalue weighted by atomic mass is 10.1. The van der Waals surface area contributed by atoms with Crippen LogP contribution in [0.2, 0.25) is 0 Å². The number of nitro groups is 1. The normalized spacial score (nSPS) is 12.7. The highest BCUT2D eigenvalue weighted by Gasteiger charge is 2.12. The van der Waals surface area contributed by atoms with Crippen LogP contribution < -0.4 is 10.1 Å². The fourth-order valence-electron chi connectivity index (χ4n) is 1.35. The Labute approximate surface area is 104 Å². The van der Waals surface area contributed by atoms with Gasteiger partial charge < -0.3 is 15.5 Å². The monoisotopic (exact) mass is 250 g/mol. The molecule has 0 amide bonds. The van der Waals surface area contributed by atoms with Crippen LogP contribution in [0.4, 0.5) is 0 Å². The van der Waals surface area contributed by atoms with Gasteiger partial charge in [-0.15, -0.1) is 0 Å². The minimum atomic E-state index is -0.632. The first kappa shape index (κ1) is 13.6. The quantitative estimate of drug-likeness (QED) is 0.452. The third-order valence-electron chi connectivity index (χ3n) is 2.30. The molecule has 96 valence electrons. The summed E-state index contributed by atoms with van der Waals surface area (Å²) >= 11 is 0. The standard InChI is InChI=1S/C11H14N4O3/c1-8(14-7-9(6-12)15(16)17)10-4-3-5-13-11(10)18-2/h3-8,12,14H,1-2H3/b9-7+,12-6?. The van der Waals surface area contributed by atoms with Crippen LogP contribution in [0.15, 0.2) is 30.2 Å². The summed E-state index contributed by atoms with van der Waals surface area (Å²) < 4.78 is 5.10. The largest absolute Gasteiger partial charge is 0.481 e. The molecule has 1 unspecified atom stereocenters. The van der Waals surface area contributed by atoms with Gasteiger partial charge in [0.1, 0.15) is 0 Å². The molecular formula is C11H14N4O3. The van der Waals surface area contributed by atoms with Crippen LogP contribution in [0.5, 0.6) is 5.88 Å². The van der Waals surface area contributed by atoms with Gasteiger partial charge in [-0.25, -0.2) is 4.98 Å². The molecule has 0 bridgehead atoms. The van der Waals surface area contributed by atoms with E-state index in [0.717, 1.165) is 5.56 Å². The molecule has 7 heteroatoms. The van der Waals surface area contributed by atoms with Crippen LogP contribution in [-0.2, 0) is 0 Å². The Morgan fingerprint density at radius 3 is 3.00 bits per heavy atom.